The molecule has 0 spiro atoms. The van der Waals surface area contributed by atoms with Crippen LogP contribution in [0.2, 0.25) is 5.28 Å². The van der Waals surface area contributed by atoms with Gasteiger partial charge in [0.15, 0.2) is 0 Å². The molecule has 0 saturated heterocycles. The zero-order valence-electron chi connectivity index (χ0n) is 7.12. The third kappa shape index (κ3) is 1.37. The molecular formula is C8H8ClN3O. The van der Waals surface area contributed by atoms with E-state index in [1.807, 2.05) is 0 Å². The first-order valence-electron chi connectivity index (χ1n) is 3.96. The third-order valence-corrected chi connectivity index (χ3v) is 2.31. The summed E-state index contributed by atoms with van der Waals surface area (Å²) in [5.41, 5.74) is 1.61. The Bertz CT molecular complexity index is 366. The van der Waals surface area contributed by atoms with Crippen molar-refractivity contribution >= 4 is 23.2 Å². The number of anilines is 1. The maximum Gasteiger partial charge on any atom is 0.227 e. The SMILES string of the molecule is CN1C(=O)CCc2nc(Cl)ncc21. The summed E-state index contributed by atoms with van der Waals surface area (Å²) < 4.78 is 0. The lowest BCUT2D eigenvalue weighted by atomic mass is 10.1. The fourth-order valence-corrected chi connectivity index (χ4v) is 1.53. The van der Waals surface area contributed by atoms with Crippen molar-refractivity contribution in [3.8, 4) is 0 Å². The second-order valence-electron chi connectivity index (χ2n) is 2.92. The van der Waals surface area contributed by atoms with Crippen LogP contribution in [-0.4, -0.2) is 22.9 Å². The Labute approximate surface area is 80.5 Å². The molecule has 4 nitrogen and oxygen atoms in total. The van der Waals surface area contributed by atoms with Gasteiger partial charge in [-0.15, -0.1) is 0 Å². The van der Waals surface area contributed by atoms with Gasteiger partial charge in [0.25, 0.3) is 0 Å². The number of carbonyl (C=O) groups excluding carboxylic acids is 1. The number of aromatic nitrogens is 2. The monoisotopic (exact) mass is 197 g/mol. The Morgan fingerprint density at radius 2 is 2.31 bits per heavy atom. The number of halogens is 1. The van der Waals surface area contributed by atoms with E-state index < -0.39 is 0 Å². The molecule has 0 aliphatic carbocycles. The van der Waals surface area contributed by atoms with E-state index in [1.54, 1.807) is 18.1 Å². The number of carbonyl (C=O) groups is 1. The van der Waals surface area contributed by atoms with Crippen molar-refractivity contribution in [1.82, 2.24) is 9.97 Å². The molecule has 0 N–H and O–H groups in total. The van der Waals surface area contributed by atoms with Gasteiger partial charge in [-0.25, -0.2) is 9.97 Å². The maximum atomic E-state index is 11.3. The van der Waals surface area contributed by atoms with Crippen molar-refractivity contribution in [2.45, 2.75) is 12.8 Å². The number of fused-ring (bicyclic) bond motifs is 1. The molecule has 1 aliphatic heterocycles. The molecule has 0 atom stereocenters. The molecule has 0 fully saturated rings. The largest absolute Gasteiger partial charge is 0.312 e. The predicted molar refractivity (Wildman–Crippen MR) is 48.8 cm³/mol. The van der Waals surface area contributed by atoms with Gasteiger partial charge in [-0.05, 0) is 11.6 Å². The minimum atomic E-state index is 0.0958. The lowest BCUT2D eigenvalue weighted by molar-refractivity contribution is -0.118. The summed E-state index contributed by atoms with van der Waals surface area (Å²) in [5, 5.41) is 0.237. The molecule has 2 rings (SSSR count). The van der Waals surface area contributed by atoms with Crippen LogP contribution >= 0.6 is 11.6 Å². The standard InChI is InChI=1S/C8H8ClN3O/c1-12-6-4-10-8(9)11-5(6)2-3-7(12)13/h4H,2-3H2,1H3. The first-order chi connectivity index (χ1) is 6.18. The van der Waals surface area contributed by atoms with Gasteiger partial charge in [0, 0.05) is 19.9 Å². The highest BCUT2D eigenvalue weighted by Crippen LogP contribution is 2.24. The molecule has 0 radical (unpaired) electrons. The van der Waals surface area contributed by atoms with Crippen molar-refractivity contribution in [3.05, 3.63) is 17.2 Å². The average Bonchev–Trinajstić information content (AvgIpc) is 2.12. The minimum absolute atomic E-state index is 0.0958. The summed E-state index contributed by atoms with van der Waals surface area (Å²) in [6, 6.07) is 0. The summed E-state index contributed by atoms with van der Waals surface area (Å²) in [6.45, 7) is 0. The van der Waals surface area contributed by atoms with Crippen LogP contribution < -0.4 is 4.90 Å². The second kappa shape index (κ2) is 2.96. The van der Waals surface area contributed by atoms with Crippen molar-refractivity contribution < 1.29 is 4.79 Å². The van der Waals surface area contributed by atoms with E-state index in [9.17, 15) is 4.79 Å². The van der Waals surface area contributed by atoms with Gasteiger partial charge in [-0.2, -0.15) is 0 Å². The van der Waals surface area contributed by atoms with Crippen LogP contribution in [0, 0.1) is 0 Å². The molecule has 0 bridgehead atoms. The molecule has 13 heavy (non-hydrogen) atoms. The van der Waals surface area contributed by atoms with Crippen LogP contribution in [0.1, 0.15) is 12.1 Å². The lowest BCUT2D eigenvalue weighted by Crippen LogP contribution is -2.31. The normalized spacial score (nSPS) is 15.8. The van der Waals surface area contributed by atoms with Crippen LogP contribution in [0.3, 0.4) is 0 Å². The summed E-state index contributed by atoms with van der Waals surface area (Å²) >= 11 is 5.64. The van der Waals surface area contributed by atoms with Gasteiger partial charge in [0.1, 0.15) is 0 Å². The van der Waals surface area contributed by atoms with Gasteiger partial charge in [0.2, 0.25) is 11.2 Å². The average molecular weight is 198 g/mol. The fraction of sp³-hybridized carbons (Fsp3) is 0.375. The topological polar surface area (TPSA) is 46.1 Å². The highest BCUT2D eigenvalue weighted by molar-refractivity contribution is 6.28. The molecule has 68 valence electrons. The van der Waals surface area contributed by atoms with Gasteiger partial charge < -0.3 is 4.90 Å². The lowest BCUT2D eigenvalue weighted by Gasteiger charge is -2.23. The Morgan fingerprint density at radius 3 is 3.08 bits per heavy atom. The van der Waals surface area contributed by atoms with E-state index in [1.165, 1.54) is 0 Å². The molecule has 1 aromatic rings. The van der Waals surface area contributed by atoms with Crippen molar-refractivity contribution in [2.24, 2.45) is 0 Å². The highest BCUT2D eigenvalue weighted by atomic mass is 35.5. The number of hydrogen-bond donors (Lipinski definition) is 0. The molecule has 1 aromatic heterocycles. The Morgan fingerprint density at radius 1 is 1.54 bits per heavy atom. The summed E-state index contributed by atoms with van der Waals surface area (Å²) in [5.74, 6) is 0.0958. The molecule has 1 aliphatic rings. The summed E-state index contributed by atoms with van der Waals surface area (Å²) in [7, 11) is 1.72. The zero-order valence-corrected chi connectivity index (χ0v) is 7.88. The number of amides is 1. The number of rotatable bonds is 0. The molecule has 0 saturated carbocycles. The van der Waals surface area contributed by atoms with Gasteiger partial charge in [0.05, 0.1) is 17.6 Å². The van der Waals surface area contributed by atoms with Gasteiger partial charge >= 0.3 is 0 Å². The Balaban J connectivity index is 2.49. The Kier molecular flexibility index (Phi) is 1.92. The highest BCUT2D eigenvalue weighted by Gasteiger charge is 2.22. The molecule has 0 aromatic carbocycles. The summed E-state index contributed by atoms with van der Waals surface area (Å²) in [4.78, 5) is 20.7. The van der Waals surface area contributed by atoms with Crippen LogP contribution in [0.4, 0.5) is 5.69 Å². The minimum Gasteiger partial charge on any atom is -0.312 e. The number of hydrogen-bond acceptors (Lipinski definition) is 3. The van der Waals surface area contributed by atoms with E-state index in [0.717, 1.165) is 11.4 Å². The first-order valence-corrected chi connectivity index (χ1v) is 4.34. The van der Waals surface area contributed by atoms with Crippen LogP contribution in [0.15, 0.2) is 6.20 Å². The van der Waals surface area contributed by atoms with Crippen molar-refractivity contribution in [2.75, 3.05) is 11.9 Å². The van der Waals surface area contributed by atoms with Crippen LogP contribution in [0.5, 0.6) is 0 Å². The molecule has 1 amide bonds. The maximum absolute atomic E-state index is 11.3. The van der Waals surface area contributed by atoms with Crippen LogP contribution in [-0.2, 0) is 11.2 Å². The van der Waals surface area contributed by atoms with E-state index >= 15 is 0 Å². The van der Waals surface area contributed by atoms with E-state index in [4.69, 9.17) is 11.6 Å². The van der Waals surface area contributed by atoms with E-state index in [2.05, 4.69) is 9.97 Å². The number of nitrogens with zero attached hydrogens (tertiary/aromatic N) is 3. The number of aryl methyl sites for hydroxylation is 1. The Hall–Kier alpha value is -1.16. The second-order valence-corrected chi connectivity index (χ2v) is 3.26. The fourth-order valence-electron chi connectivity index (χ4n) is 1.38. The predicted octanol–water partition coefficient (Wildman–Crippen LogP) is 1.04. The summed E-state index contributed by atoms with van der Waals surface area (Å²) in [6.07, 6.45) is 2.74. The van der Waals surface area contributed by atoms with E-state index in [0.29, 0.717) is 12.8 Å². The molecule has 2 heterocycles. The zero-order chi connectivity index (χ0) is 9.42. The van der Waals surface area contributed by atoms with Crippen LogP contribution in [0.25, 0.3) is 0 Å². The van der Waals surface area contributed by atoms with Crippen molar-refractivity contribution in [1.29, 1.82) is 0 Å². The molecular weight excluding hydrogens is 190 g/mol. The molecule has 0 unspecified atom stereocenters. The third-order valence-electron chi connectivity index (χ3n) is 2.13. The van der Waals surface area contributed by atoms with Gasteiger partial charge in [-0.3, -0.25) is 4.79 Å². The quantitative estimate of drug-likeness (QED) is 0.584. The van der Waals surface area contributed by atoms with Gasteiger partial charge in [-0.1, -0.05) is 0 Å². The van der Waals surface area contributed by atoms with Crippen molar-refractivity contribution in [3.63, 3.8) is 0 Å². The first kappa shape index (κ1) is 8.44. The van der Waals surface area contributed by atoms with E-state index in [-0.39, 0.29) is 11.2 Å². The smallest absolute Gasteiger partial charge is 0.227 e. The molecule has 5 heteroatoms.